The van der Waals surface area contributed by atoms with Crippen molar-refractivity contribution in [3.63, 3.8) is 0 Å². The molecule has 0 atom stereocenters. The van der Waals surface area contributed by atoms with Crippen LogP contribution in [0.25, 0.3) is 11.3 Å². The number of aromatic nitrogens is 1. The Bertz CT molecular complexity index is 582. The van der Waals surface area contributed by atoms with E-state index in [-0.39, 0.29) is 0 Å². The molecule has 0 saturated carbocycles. The Morgan fingerprint density at radius 1 is 1.00 bits per heavy atom. The van der Waals surface area contributed by atoms with Crippen molar-refractivity contribution >= 4 is 40.5 Å². The van der Waals surface area contributed by atoms with E-state index in [9.17, 15) is 0 Å². The summed E-state index contributed by atoms with van der Waals surface area (Å²) in [5.74, 6) is 0. The van der Waals surface area contributed by atoms with Crippen LogP contribution in [-0.4, -0.2) is 4.98 Å². The lowest BCUT2D eigenvalue weighted by Gasteiger charge is -2.09. The van der Waals surface area contributed by atoms with E-state index < -0.39 is 0 Å². The van der Waals surface area contributed by atoms with E-state index in [2.05, 4.69) is 4.98 Å². The Morgan fingerprint density at radius 3 is 2.29 bits per heavy atom. The summed E-state index contributed by atoms with van der Waals surface area (Å²) in [7, 11) is 0. The van der Waals surface area contributed by atoms with Gasteiger partial charge in [0.15, 0.2) is 0 Å². The van der Waals surface area contributed by atoms with Crippen LogP contribution < -0.4 is 5.73 Å². The second-order valence-corrected chi connectivity index (χ2v) is 4.90. The molecule has 0 radical (unpaired) electrons. The van der Waals surface area contributed by atoms with E-state index in [0.29, 0.717) is 20.8 Å². The van der Waals surface area contributed by atoms with Crippen molar-refractivity contribution < 1.29 is 0 Å². The fraction of sp³-hybridized carbons (Fsp3) is 0.0833. The molecule has 0 saturated heterocycles. The van der Waals surface area contributed by atoms with Crippen LogP contribution in [0.2, 0.25) is 15.1 Å². The second kappa shape index (κ2) is 4.73. The summed E-state index contributed by atoms with van der Waals surface area (Å²) in [6.45, 7) is 1.91. The van der Waals surface area contributed by atoms with Gasteiger partial charge in [-0.25, -0.2) is 0 Å². The van der Waals surface area contributed by atoms with E-state index in [1.807, 2.05) is 13.0 Å². The van der Waals surface area contributed by atoms with Crippen molar-refractivity contribution in [3.05, 3.63) is 45.0 Å². The van der Waals surface area contributed by atoms with Crippen molar-refractivity contribution in [3.8, 4) is 11.3 Å². The molecule has 0 bridgehead atoms. The quantitative estimate of drug-likeness (QED) is 0.779. The highest BCUT2D eigenvalue weighted by Gasteiger charge is 2.11. The minimum Gasteiger partial charge on any atom is -0.397 e. The van der Waals surface area contributed by atoms with Gasteiger partial charge in [-0.2, -0.15) is 0 Å². The standard InChI is InChI=1S/C12H9Cl3N2/c1-6-2-7(16)5-17-12(6)8-3-10(14)11(15)4-9(8)13/h2-5H,16H2,1H3. The Morgan fingerprint density at radius 2 is 1.65 bits per heavy atom. The van der Waals surface area contributed by atoms with Crippen LogP contribution >= 0.6 is 34.8 Å². The molecule has 0 aliphatic carbocycles. The van der Waals surface area contributed by atoms with Gasteiger partial charge >= 0.3 is 0 Å². The molecule has 1 aromatic carbocycles. The fourth-order valence-corrected chi connectivity index (χ4v) is 2.22. The van der Waals surface area contributed by atoms with Gasteiger partial charge in [0.2, 0.25) is 0 Å². The highest BCUT2D eigenvalue weighted by molar-refractivity contribution is 6.44. The van der Waals surface area contributed by atoms with Gasteiger partial charge in [-0.15, -0.1) is 0 Å². The van der Waals surface area contributed by atoms with E-state index in [4.69, 9.17) is 40.5 Å². The summed E-state index contributed by atoms with van der Waals surface area (Å²) in [5.41, 5.74) is 8.71. The van der Waals surface area contributed by atoms with Crippen molar-refractivity contribution in [1.82, 2.24) is 4.98 Å². The summed E-state index contributed by atoms with van der Waals surface area (Å²) in [6, 6.07) is 5.15. The molecule has 17 heavy (non-hydrogen) atoms. The lowest BCUT2D eigenvalue weighted by Crippen LogP contribution is -1.93. The monoisotopic (exact) mass is 286 g/mol. The van der Waals surface area contributed by atoms with Crippen LogP contribution in [0, 0.1) is 6.92 Å². The highest BCUT2D eigenvalue weighted by Crippen LogP contribution is 2.35. The zero-order valence-electron chi connectivity index (χ0n) is 8.97. The highest BCUT2D eigenvalue weighted by atomic mass is 35.5. The molecule has 1 aromatic heterocycles. The molecule has 2 nitrogen and oxygen atoms in total. The van der Waals surface area contributed by atoms with Gasteiger partial charge in [0.1, 0.15) is 0 Å². The molecular formula is C12H9Cl3N2. The van der Waals surface area contributed by atoms with Crippen molar-refractivity contribution in [2.24, 2.45) is 0 Å². The smallest absolute Gasteiger partial charge is 0.0748 e. The first-order chi connectivity index (χ1) is 7.99. The molecule has 2 N–H and O–H groups in total. The molecule has 5 heteroatoms. The molecule has 0 fully saturated rings. The minimum atomic E-state index is 0.425. The number of nitrogen functional groups attached to an aromatic ring is 1. The maximum atomic E-state index is 6.13. The Balaban J connectivity index is 2.64. The van der Waals surface area contributed by atoms with Crippen LogP contribution in [0.4, 0.5) is 5.69 Å². The molecule has 88 valence electrons. The van der Waals surface area contributed by atoms with Crippen molar-refractivity contribution in [1.29, 1.82) is 0 Å². The van der Waals surface area contributed by atoms with Gasteiger partial charge in [0, 0.05) is 5.56 Å². The molecule has 1 heterocycles. The lowest BCUT2D eigenvalue weighted by molar-refractivity contribution is 1.27. The number of rotatable bonds is 1. The average molecular weight is 288 g/mol. The number of aryl methyl sites for hydroxylation is 1. The first-order valence-electron chi connectivity index (χ1n) is 4.86. The average Bonchev–Trinajstić information content (AvgIpc) is 2.24. The van der Waals surface area contributed by atoms with Crippen LogP contribution in [-0.2, 0) is 0 Å². The first-order valence-corrected chi connectivity index (χ1v) is 5.99. The van der Waals surface area contributed by atoms with Crippen LogP contribution in [0.3, 0.4) is 0 Å². The van der Waals surface area contributed by atoms with Crippen LogP contribution in [0.1, 0.15) is 5.56 Å². The van der Waals surface area contributed by atoms with Gasteiger partial charge in [0.05, 0.1) is 32.6 Å². The van der Waals surface area contributed by atoms with Gasteiger partial charge in [-0.05, 0) is 30.7 Å². The number of nitrogens with zero attached hydrogens (tertiary/aromatic N) is 1. The van der Waals surface area contributed by atoms with Crippen molar-refractivity contribution in [2.45, 2.75) is 6.92 Å². The third-order valence-electron chi connectivity index (χ3n) is 2.36. The summed E-state index contributed by atoms with van der Waals surface area (Å²) in [4.78, 5) is 4.27. The number of hydrogen-bond donors (Lipinski definition) is 1. The SMILES string of the molecule is Cc1cc(N)cnc1-c1cc(Cl)c(Cl)cc1Cl. The Labute approximate surface area is 114 Å². The Kier molecular flexibility index (Phi) is 3.48. The molecule has 2 rings (SSSR count). The normalized spacial score (nSPS) is 10.6. The summed E-state index contributed by atoms with van der Waals surface area (Å²) in [5, 5.41) is 1.39. The topological polar surface area (TPSA) is 38.9 Å². The number of benzene rings is 1. The van der Waals surface area contributed by atoms with Gasteiger partial charge in [-0.1, -0.05) is 34.8 Å². The fourth-order valence-electron chi connectivity index (χ4n) is 1.58. The van der Waals surface area contributed by atoms with Crippen LogP contribution in [0.5, 0.6) is 0 Å². The largest absolute Gasteiger partial charge is 0.397 e. The summed E-state index contributed by atoms with van der Waals surface area (Å²) >= 11 is 18.0. The zero-order chi connectivity index (χ0) is 12.6. The van der Waals surface area contributed by atoms with Gasteiger partial charge in [0.25, 0.3) is 0 Å². The second-order valence-electron chi connectivity index (χ2n) is 3.68. The minimum absolute atomic E-state index is 0.425. The number of halogens is 3. The summed E-state index contributed by atoms with van der Waals surface area (Å²) < 4.78 is 0. The predicted molar refractivity (Wildman–Crippen MR) is 73.9 cm³/mol. The molecule has 0 aliphatic rings. The molecule has 0 amide bonds. The first kappa shape index (κ1) is 12.5. The third kappa shape index (κ3) is 2.49. The van der Waals surface area contributed by atoms with Crippen molar-refractivity contribution in [2.75, 3.05) is 5.73 Å². The molecule has 2 aromatic rings. The number of anilines is 1. The zero-order valence-corrected chi connectivity index (χ0v) is 11.2. The Hall–Kier alpha value is -0.960. The van der Waals surface area contributed by atoms with E-state index in [1.165, 1.54) is 0 Å². The maximum Gasteiger partial charge on any atom is 0.0748 e. The maximum absolute atomic E-state index is 6.13. The van der Waals surface area contributed by atoms with Gasteiger partial charge in [-0.3, -0.25) is 4.98 Å². The molecular weight excluding hydrogens is 279 g/mol. The third-order valence-corrected chi connectivity index (χ3v) is 3.40. The lowest BCUT2D eigenvalue weighted by atomic mass is 10.1. The van der Waals surface area contributed by atoms with E-state index >= 15 is 0 Å². The van der Waals surface area contributed by atoms with Gasteiger partial charge < -0.3 is 5.73 Å². The molecule has 0 spiro atoms. The van der Waals surface area contributed by atoms with E-state index in [0.717, 1.165) is 16.8 Å². The molecule has 0 unspecified atom stereocenters. The number of nitrogens with two attached hydrogens (primary N) is 1. The molecule has 0 aliphatic heterocycles. The number of pyridine rings is 1. The number of hydrogen-bond acceptors (Lipinski definition) is 2. The van der Waals surface area contributed by atoms with E-state index in [1.54, 1.807) is 18.3 Å². The van der Waals surface area contributed by atoms with Crippen LogP contribution in [0.15, 0.2) is 24.4 Å². The summed E-state index contributed by atoms with van der Waals surface area (Å²) in [6.07, 6.45) is 1.58. The predicted octanol–water partition coefficient (Wildman–Crippen LogP) is 4.60.